The SMILES string of the molecule is CCc1cc2c(s1)CCCN(CCCCN1CCN(c3ncccn3)CC1)C2=O.O=C(O)/C=C/C(=O)O. The second kappa shape index (κ2) is 14.4. The van der Waals surface area contributed by atoms with Crippen molar-refractivity contribution in [3.8, 4) is 0 Å². The lowest BCUT2D eigenvalue weighted by Crippen LogP contribution is -2.47. The minimum Gasteiger partial charge on any atom is -0.478 e. The summed E-state index contributed by atoms with van der Waals surface area (Å²) in [7, 11) is 0. The molecule has 0 aliphatic carbocycles. The number of hydrogen-bond acceptors (Lipinski definition) is 8. The number of aliphatic carboxylic acids is 2. The Morgan fingerprint density at radius 1 is 1.00 bits per heavy atom. The van der Waals surface area contributed by atoms with Gasteiger partial charge in [0.05, 0.1) is 5.56 Å². The summed E-state index contributed by atoms with van der Waals surface area (Å²) >= 11 is 1.83. The van der Waals surface area contributed by atoms with Gasteiger partial charge in [0, 0.05) is 73.6 Å². The molecule has 0 spiro atoms. The van der Waals surface area contributed by atoms with Crippen LogP contribution < -0.4 is 4.90 Å². The highest BCUT2D eigenvalue weighted by Gasteiger charge is 2.24. The Kier molecular flexibility index (Phi) is 11.0. The molecule has 0 aromatic carbocycles. The number of nitrogens with zero attached hydrogens (tertiary/aromatic N) is 5. The predicted octanol–water partition coefficient (Wildman–Crippen LogP) is 2.80. The molecule has 2 aromatic heterocycles. The highest BCUT2D eigenvalue weighted by atomic mass is 32.1. The molecule has 0 bridgehead atoms. The van der Waals surface area contributed by atoms with Gasteiger partial charge in [0.1, 0.15) is 0 Å². The number of carboxylic acid groups (broad SMARTS) is 2. The molecule has 1 saturated heterocycles. The maximum absolute atomic E-state index is 12.9. The molecule has 0 saturated carbocycles. The fourth-order valence-corrected chi connectivity index (χ4v) is 5.49. The van der Waals surface area contributed by atoms with Crippen molar-refractivity contribution in [2.24, 2.45) is 0 Å². The number of piperazine rings is 1. The molecule has 2 aromatic rings. The van der Waals surface area contributed by atoms with Crippen LogP contribution in [0.2, 0.25) is 0 Å². The highest BCUT2D eigenvalue weighted by molar-refractivity contribution is 7.12. The van der Waals surface area contributed by atoms with Crippen LogP contribution in [0.3, 0.4) is 0 Å². The van der Waals surface area contributed by atoms with Gasteiger partial charge in [0.15, 0.2) is 0 Å². The molecule has 10 nitrogen and oxygen atoms in total. The van der Waals surface area contributed by atoms with Gasteiger partial charge in [0.2, 0.25) is 5.95 Å². The number of amides is 1. The molecule has 11 heteroatoms. The van der Waals surface area contributed by atoms with Crippen LogP contribution in [-0.2, 0) is 22.4 Å². The smallest absolute Gasteiger partial charge is 0.328 e. The van der Waals surface area contributed by atoms with Crippen molar-refractivity contribution < 1.29 is 24.6 Å². The number of aryl methyl sites for hydroxylation is 2. The number of unbranched alkanes of at least 4 members (excludes halogenated alkanes) is 1. The van der Waals surface area contributed by atoms with Gasteiger partial charge in [-0.2, -0.15) is 0 Å². The van der Waals surface area contributed by atoms with Crippen molar-refractivity contribution in [2.45, 2.75) is 39.0 Å². The lowest BCUT2D eigenvalue weighted by Gasteiger charge is -2.34. The number of carboxylic acids is 2. The van der Waals surface area contributed by atoms with E-state index in [0.29, 0.717) is 12.2 Å². The number of rotatable bonds is 9. The number of carbonyl (C=O) groups is 3. The molecular formula is C26H35N5O5S. The van der Waals surface area contributed by atoms with Crippen molar-refractivity contribution in [3.63, 3.8) is 0 Å². The number of aromatic nitrogens is 2. The first kappa shape index (κ1) is 28.3. The molecular weight excluding hydrogens is 494 g/mol. The lowest BCUT2D eigenvalue weighted by atomic mass is 10.2. The maximum atomic E-state index is 12.9. The normalized spacial score (nSPS) is 16.2. The number of carbonyl (C=O) groups excluding carboxylic acids is 1. The molecule has 2 aliphatic rings. The predicted molar refractivity (Wildman–Crippen MR) is 142 cm³/mol. The van der Waals surface area contributed by atoms with Crippen LogP contribution in [0.4, 0.5) is 5.95 Å². The van der Waals surface area contributed by atoms with Gasteiger partial charge in [-0.3, -0.25) is 9.69 Å². The summed E-state index contributed by atoms with van der Waals surface area (Å²) in [5.41, 5.74) is 0.976. The van der Waals surface area contributed by atoms with Crippen LogP contribution in [-0.4, -0.2) is 93.6 Å². The van der Waals surface area contributed by atoms with Crippen LogP contribution in [0.25, 0.3) is 0 Å². The van der Waals surface area contributed by atoms with Crippen molar-refractivity contribution in [1.29, 1.82) is 0 Å². The van der Waals surface area contributed by atoms with Gasteiger partial charge in [-0.05, 0) is 50.8 Å². The maximum Gasteiger partial charge on any atom is 0.328 e. The Balaban J connectivity index is 0.000000414. The number of anilines is 1. The fourth-order valence-electron chi connectivity index (χ4n) is 4.35. The van der Waals surface area contributed by atoms with E-state index in [9.17, 15) is 14.4 Å². The first-order valence-electron chi connectivity index (χ1n) is 12.7. The van der Waals surface area contributed by atoms with E-state index in [1.54, 1.807) is 12.4 Å². The first-order valence-corrected chi connectivity index (χ1v) is 13.5. The van der Waals surface area contributed by atoms with E-state index in [2.05, 4.69) is 37.7 Å². The van der Waals surface area contributed by atoms with Crippen molar-refractivity contribution >= 4 is 35.1 Å². The number of fused-ring (bicyclic) bond motifs is 1. The molecule has 1 amide bonds. The molecule has 200 valence electrons. The minimum absolute atomic E-state index is 0.255. The van der Waals surface area contributed by atoms with Gasteiger partial charge in [-0.15, -0.1) is 11.3 Å². The Labute approximate surface area is 221 Å². The van der Waals surface area contributed by atoms with Gasteiger partial charge in [-0.25, -0.2) is 19.6 Å². The summed E-state index contributed by atoms with van der Waals surface area (Å²) in [5.74, 6) is -1.42. The third-order valence-electron chi connectivity index (χ3n) is 6.29. The Hall–Kier alpha value is -3.31. The molecule has 0 unspecified atom stereocenters. The van der Waals surface area contributed by atoms with Crippen LogP contribution in [0.15, 0.2) is 36.7 Å². The average molecular weight is 530 g/mol. The van der Waals surface area contributed by atoms with E-state index in [0.717, 1.165) is 89.4 Å². The van der Waals surface area contributed by atoms with Crippen LogP contribution in [0.5, 0.6) is 0 Å². The fraction of sp³-hybridized carbons (Fsp3) is 0.500. The molecule has 37 heavy (non-hydrogen) atoms. The first-order chi connectivity index (χ1) is 17.9. The molecule has 4 heterocycles. The summed E-state index contributed by atoms with van der Waals surface area (Å²) in [6.07, 6.45) is 10.1. The van der Waals surface area contributed by atoms with E-state index in [1.807, 2.05) is 17.4 Å². The van der Waals surface area contributed by atoms with Crippen molar-refractivity contribution in [2.75, 3.05) is 50.7 Å². The summed E-state index contributed by atoms with van der Waals surface area (Å²) in [6.45, 7) is 9.13. The molecule has 2 aliphatic heterocycles. The topological polar surface area (TPSA) is 127 Å². The van der Waals surface area contributed by atoms with Gasteiger partial charge in [0.25, 0.3) is 5.91 Å². The third kappa shape index (κ3) is 8.94. The second-order valence-corrected chi connectivity index (χ2v) is 10.1. The zero-order chi connectivity index (χ0) is 26.6. The summed E-state index contributed by atoms with van der Waals surface area (Å²) in [6, 6.07) is 3.99. The largest absolute Gasteiger partial charge is 0.478 e. The number of hydrogen-bond donors (Lipinski definition) is 2. The number of thiophene rings is 1. The van der Waals surface area contributed by atoms with E-state index < -0.39 is 11.9 Å². The second-order valence-electron chi connectivity index (χ2n) is 8.89. The van der Waals surface area contributed by atoms with Crippen LogP contribution in [0, 0.1) is 0 Å². The van der Waals surface area contributed by atoms with Gasteiger partial charge < -0.3 is 20.0 Å². The van der Waals surface area contributed by atoms with Crippen molar-refractivity contribution in [1.82, 2.24) is 19.8 Å². The molecule has 0 atom stereocenters. The molecule has 0 radical (unpaired) electrons. The van der Waals surface area contributed by atoms with Crippen LogP contribution >= 0.6 is 11.3 Å². The van der Waals surface area contributed by atoms with Crippen LogP contribution in [0.1, 0.15) is 46.3 Å². The van der Waals surface area contributed by atoms with E-state index in [4.69, 9.17) is 10.2 Å². The van der Waals surface area contributed by atoms with Crippen molar-refractivity contribution in [3.05, 3.63) is 52.0 Å². The molecule has 2 N–H and O–H groups in total. The summed E-state index contributed by atoms with van der Waals surface area (Å²) < 4.78 is 0. The van der Waals surface area contributed by atoms with E-state index >= 15 is 0 Å². The standard InChI is InChI=1S/C22H31N5OS.C4H4O4/c1-2-18-17-19-20(29-18)7-5-12-26(21(19)28)11-4-3-10-25-13-15-27(16-14-25)22-23-8-6-9-24-22;5-3(6)1-2-4(7)8/h6,8-9,17H,2-5,7,10-16H2,1H3;1-2H,(H,5,6)(H,7,8)/b;2-1+. The van der Waals surface area contributed by atoms with E-state index in [1.165, 1.54) is 9.75 Å². The van der Waals surface area contributed by atoms with E-state index in [-0.39, 0.29) is 5.91 Å². The summed E-state index contributed by atoms with van der Waals surface area (Å²) in [5, 5.41) is 15.6. The third-order valence-corrected chi connectivity index (χ3v) is 7.63. The zero-order valence-corrected chi connectivity index (χ0v) is 22.0. The van der Waals surface area contributed by atoms with Gasteiger partial charge in [-0.1, -0.05) is 6.92 Å². The summed E-state index contributed by atoms with van der Waals surface area (Å²) in [4.78, 5) is 50.3. The Morgan fingerprint density at radius 3 is 2.27 bits per heavy atom. The monoisotopic (exact) mass is 529 g/mol. The molecule has 4 rings (SSSR count). The minimum atomic E-state index is -1.26. The average Bonchev–Trinajstić information content (AvgIpc) is 3.27. The Morgan fingerprint density at radius 2 is 1.65 bits per heavy atom. The van der Waals surface area contributed by atoms with Gasteiger partial charge >= 0.3 is 11.9 Å². The molecule has 1 fully saturated rings. The zero-order valence-electron chi connectivity index (χ0n) is 21.2. The Bertz CT molecular complexity index is 1050. The highest BCUT2D eigenvalue weighted by Crippen LogP contribution is 2.28. The quantitative estimate of drug-likeness (QED) is 0.372. The lowest BCUT2D eigenvalue weighted by molar-refractivity contribution is -0.134.